The van der Waals surface area contributed by atoms with Gasteiger partial charge in [-0.1, -0.05) is 63.0 Å². The second kappa shape index (κ2) is 12.7. The van der Waals surface area contributed by atoms with Crippen molar-refractivity contribution in [3.8, 4) is 11.8 Å². The van der Waals surface area contributed by atoms with Gasteiger partial charge in [0.2, 0.25) is 0 Å². The van der Waals surface area contributed by atoms with Gasteiger partial charge in [-0.05, 0) is 48.4 Å². The molecule has 7 heteroatoms. The number of amides is 1. The minimum atomic E-state index is -4.52. The molecule has 0 unspecified atom stereocenters. The first-order chi connectivity index (χ1) is 15.7. The molecular formula is C26H28F3NO3. The molecule has 0 aromatic heterocycles. The van der Waals surface area contributed by atoms with Crippen molar-refractivity contribution >= 4 is 17.6 Å². The van der Waals surface area contributed by atoms with Gasteiger partial charge in [-0.15, -0.1) is 0 Å². The highest BCUT2D eigenvalue weighted by Crippen LogP contribution is 2.31. The van der Waals surface area contributed by atoms with Gasteiger partial charge in [0.25, 0.3) is 0 Å². The largest absolute Gasteiger partial charge is 0.474 e. The number of hydrogen-bond acceptors (Lipinski definition) is 2. The Morgan fingerprint density at radius 1 is 0.909 bits per heavy atom. The Labute approximate surface area is 192 Å². The lowest BCUT2D eigenvalue weighted by atomic mass is 10.1. The molecule has 2 aromatic carbocycles. The zero-order chi connectivity index (χ0) is 24.3. The molecule has 0 aliphatic carbocycles. The van der Waals surface area contributed by atoms with Crippen molar-refractivity contribution in [2.45, 2.75) is 64.6 Å². The number of carboxylic acids is 1. The summed E-state index contributed by atoms with van der Waals surface area (Å²) >= 11 is 0. The molecule has 0 saturated heterocycles. The van der Waals surface area contributed by atoms with Gasteiger partial charge >= 0.3 is 18.1 Å². The van der Waals surface area contributed by atoms with Gasteiger partial charge < -0.3 is 5.11 Å². The maximum atomic E-state index is 12.8. The van der Waals surface area contributed by atoms with E-state index >= 15 is 0 Å². The fourth-order valence-electron chi connectivity index (χ4n) is 3.26. The monoisotopic (exact) mass is 459 g/mol. The van der Waals surface area contributed by atoms with Crippen LogP contribution in [-0.2, 0) is 22.3 Å². The molecule has 33 heavy (non-hydrogen) atoms. The van der Waals surface area contributed by atoms with Crippen LogP contribution in [0.3, 0.4) is 0 Å². The Hall–Kier alpha value is -3.27. The molecule has 0 heterocycles. The zero-order valence-electron chi connectivity index (χ0n) is 18.6. The van der Waals surface area contributed by atoms with Gasteiger partial charge in [-0.2, -0.15) is 13.2 Å². The molecule has 0 bridgehead atoms. The molecular weight excluding hydrogens is 431 g/mol. The molecule has 1 amide bonds. The number of unbranched alkanes of at least 4 members (excludes halogenated alkanes) is 6. The summed E-state index contributed by atoms with van der Waals surface area (Å²) in [5.74, 6) is 3.32. The van der Waals surface area contributed by atoms with Crippen LogP contribution >= 0.6 is 0 Å². The summed E-state index contributed by atoms with van der Waals surface area (Å²) in [4.78, 5) is 24.3. The van der Waals surface area contributed by atoms with E-state index < -0.39 is 23.6 Å². The number of aliphatic carboxylic acids is 1. The highest BCUT2D eigenvalue weighted by molar-refractivity contribution is 6.37. The number of carbonyl (C=O) groups excluding carboxylic acids is 1. The summed E-state index contributed by atoms with van der Waals surface area (Å²) in [5, 5.41) is 9.13. The molecule has 4 nitrogen and oxygen atoms in total. The lowest BCUT2D eigenvalue weighted by molar-refractivity contribution is -0.148. The first kappa shape index (κ1) is 26.0. The van der Waals surface area contributed by atoms with Crippen LogP contribution in [0.1, 0.15) is 68.6 Å². The predicted octanol–water partition coefficient (Wildman–Crippen LogP) is 6.43. The normalized spacial score (nSPS) is 10.9. The molecule has 0 aliphatic rings. The first-order valence-corrected chi connectivity index (χ1v) is 11.0. The Kier molecular flexibility index (Phi) is 9.99. The van der Waals surface area contributed by atoms with Crippen LogP contribution in [0.25, 0.3) is 0 Å². The molecule has 0 atom stereocenters. The molecule has 1 N–H and O–H groups in total. The third-order valence-electron chi connectivity index (χ3n) is 5.12. The van der Waals surface area contributed by atoms with Gasteiger partial charge in [0.1, 0.15) is 0 Å². The SMILES string of the molecule is CCCCCCCCC#Cc1ccc(CN(C(=O)C(=O)O)c2ccc(C(F)(F)F)cc2)cc1. The van der Waals surface area contributed by atoms with Gasteiger partial charge in [0, 0.05) is 17.7 Å². The van der Waals surface area contributed by atoms with Crippen molar-refractivity contribution in [1.82, 2.24) is 0 Å². The molecule has 2 rings (SSSR count). The third-order valence-corrected chi connectivity index (χ3v) is 5.12. The number of anilines is 1. The number of alkyl halides is 3. The van der Waals surface area contributed by atoms with Crippen LogP contribution in [0, 0.1) is 11.8 Å². The van der Waals surface area contributed by atoms with Crippen LogP contribution in [0.4, 0.5) is 18.9 Å². The van der Waals surface area contributed by atoms with Crippen molar-refractivity contribution < 1.29 is 27.9 Å². The van der Waals surface area contributed by atoms with Crippen molar-refractivity contribution in [3.63, 3.8) is 0 Å². The third kappa shape index (κ3) is 8.64. The van der Waals surface area contributed by atoms with Crippen molar-refractivity contribution in [2.75, 3.05) is 4.90 Å². The summed E-state index contributed by atoms with van der Waals surface area (Å²) in [6, 6.07) is 10.8. The average molecular weight is 460 g/mol. The Morgan fingerprint density at radius 2 is 1.52 bits per heavy atom. The van der Waals surface area contributed by atoms with Gasteiger partial charge in [-0.25, -0.2) is 4.79 Å². The summed E-state index contributed by atoms with van der Waals surface area (Å²) in [6.45, 7) is 2.09. The molecule has 0 radical (unpaired) electrons. The first-order valence-electron chi connectivity index (χ1n) is 11.0. The Bertz CT molecular complexity index is 971. The van der Waals surface area contributed by atoms with Gasteiger partial charge in [0.15, 0.2) is 0 Å². The van der Waals surface area contributed by atoms with Gasteiger partial charge in [-0.3, -0.25) is 9.69 Å². The summed E-state index contributed by atoms with van der Waals surface area (Å²) in [7, 11) is 0. The van der Waals surface area contributed by atoms with Crippen LogP contribution in [-0.4, -0.2) is 17.0 Å². The Morgan fingerprint density at radius 3 is 2.09 bits per heavy atom. The van der Waals surface area contributed by atoms with Crippen LogP contribution < -0.4 is 4.90 Å². The van der Waals surface area contributed by atoms with E-state index in [4.69, 9.17) is 5.11 Å². The average Bonchev–Trinajstić information content (AvgIpc) is 2.79. The topological polar surface area (TPSA) is 57.6 Å². The fraction of sp³-hybridized carbons (Fsp3) is 0.385. The molecule has 176 valence electrons. The smallest absolute Gasteiger partial charge is 0.416 e. The number of nitrogens with zero attached hydrogens (tertiary/aromatic N) is 1. The van der Waals surface area contributed by atoms with Gasteiger partial charge in [0.05, 0.1) is 12.1 Å². The lowest BCUT2D eigenvalue weighted by Gasteiger charge is -2.21. The zero-order valence-corrected chi connectivity index (χ0v) is 18.6. The molecule has 0 spiro atoms. The van der Waals surface area contributed by atoms with E-state index in [0.717, 1.165) is 47.6 Å². The van der Waals surface area contributed by atoms with Crippen LogP contribution in [0.15, 0.2) is 48.5 Å². The van der Waals surface area contributed by atoms with E-state index in [-0.39, 0.29) is 12.2 Å². The molecule has 0 aliphatic heterocycles. The van der Waals surface area contributed by atoms with E-state index in [1.54, 1.807) is 24.3 Å². The quantitative estimate of drug-likeness (QED) is 0.267. The number of carboxylic acid groups (broad SMARTS) is 1. The lowest BCUT2D eigenvalue weighted by Crippen LogP contribution is -2.36. The van der Waals surface area contributed by atoms with Crippen molar-refractivity contribution in [3.05, 3.63) is 65.2 Å². The fourth-order valence-corrected chi connectivity index (χ4v) is 3.26. The Balaban J connectivity index is 2.02. The molecule has 0 fully saturated rings. The number of carbonyl (C=O) groups is 2. The number of halogens is 3. The van der Waals surface area contributed by atoms with Crippen LogP contribution in [0.5, 0.6) is 0 Å². The molecule has 0 saturated carbocycles. The minimum absolute atomic E-state index is 0.0678. The van der Waals surface area contributed by atoms with E-state index in [2.05, 4.69) is 18.8 Å². The number of hydrogen-bond donors (Lipinski definition) is 1. The number of benzene rings is 2. The standard InChI is InChI=1S/C26H28F3NO3/c1-2-3-4-5-6-7-8-9-10-20-11-13-21(14-12-20)19-30(24(31)25(32)33)23-17-15-22(16-18-23)26(27,28)29/h11-18H,2-8,19H2,1H3,(H,32,33). The highest BCUT2D eigenvalue weighted by atomic mass is 19.4. The second-order valence-electron chi connectivity index (χ2n) is 7.76. The van der Waals surface area contributed by atoms with E-state index in [9.17, 15) is 22.8 Å². The summed E-state index contributed by atoms with van der Waals surface area (Å²) in [6.07, 6.45) is 3.52. The summed E-state index contributed by atoms with van der Waals surface area (Å²) < 4.78 is 38.4. The maximum absolute atomic E-state index is 12.8. The second-order valence-corrected chi connectivity index (χ2v) is 7.76. The number of rotatable bonds is 9. The predicted molar refractivity (Wildman–Crippen MR) is 122 cm³/mol. The van der Waals surface area contributed by atoms with Crippen molar-refractivity contribution in [1.29, 1.82) is 0 Å². The van der Waals surface area contributed by atoms with Crippen LogP contribution in [0.2, 0.25) is 0 Å². The minimum Gasteiger partial charge on any atom is -0.474 e. The van der Waals surface area contributed by atoms with Crippen molar-refractivity contribution in [2.24, 2.45) is 0 Å². The van der Waals surface area contributed by atoms with E-state index in [1.807, 2.05) is 0 Å². The summed E-state index contributed by atoms with van der Waals surface area (Å²) in [5.41, 5.74) is 0.623. The van der Waals surface area contributed by atoms with E-state index in [1.165, 1.54) is 32.1 Å². The molecule has 2 aromatic rings. The highest BCUT2D eigenvalue weighted by Gasteiger charge is 2.31. The van der Waals surface area contributed by atoms with E-state index in [0.29, 0.717) is 5.56 Å². The maximum Gasteiger partial charge on any atom is 0.416 e.